The molecule has 4 N–H and O–H groups in total. The van der Waals surface area contributed by atoms with Crippen LogP contribution in [-0.4, -0.2) is 40.3 Å². The van der Waals surface area contributed by atoms with Crippen LogP contribution in [-0.2, 0) is 0 Å². The second kappa shape index (κ2) is 7.27. The Morgan fingerprint density at radius 3 is 2.80 bits per heavy atom. The fraction of sp³-hybridized carbons (Fsp3) is 0.235. The summed E-state index contributed by atoms with van der Waals surface area (Å²) in [5.74, 6) is 0.532. The maximum absolute atomic E-state index is 14.4. The van der Waals surface area contributed by atoms with Crippen LogP contribution >= 0.6 is 0 Å². The minimum Gasteiger partial charge on any atom is -0.493 e. The van der Waals surface area contributed by atoms with Crippen LogP contribution in [0.2, 0.25) is 0 Å². The summed E-state index contributed by atoms with van der Waals surface area (Å²) in [7, 11) is 1.72. The quantitative estimate of drug-likeness (QED) is 0.589. The topological polar surface area (TPSA) is 106 Å². The first kappa shape index (κ1) is 16.8. The molecule has 2 aromatic heterocycles. The molecule has 0 spiro atoms. The van der Waals surface area contributed by atoms with Crippen LogP contribution in [0, 0.1) is 5.82 Å². The predicted octanol–water partition coefficient (Wildman–Crippen LogP) is 2.22. The van der Waals surface area contributed by atoms with Gasteiger partial charge in [-0.15, -0.1) is 0 Å². The first-order valence-corrected chi connectivity index (χ1v) is 7.78. The first-order chi connectivity index (χ1) is 12.1. The number of halogens is 1. The zero-order valence-electron chi connectivity index (χ0n) is 13.7. The number of nitrogen functional groups attached to an aromatic ring is 1. The number of hydrogen-bond donors (Lipinski definition) is 3. The average molecular weight is 343 g/mol. The van der Waals surface area contributed by atoms with E-state index in [-0.39, 0.29) is 24.7 Å². The molecule has 1 aromatic carbocycles. The van der Waals surface area contributed by atoms with Crippen molar-refractivity contribution in [3.05, 3.63) is 36.1 Å². The lowest BCUT2D eigenvalue weighted by Gasteiger charge is -2.12. The number of nitrogens with one attached hydrogen (secondary N) is 1. The highest BCUT2D eigenvalue weighted by Gasteiger charge is 2.15. The average Bonchev–Trinajstić information content (AvgIpc) is 2.60. The summed E-state index contributed by atoms with van der Waals surface area (Å²) in [6.45, 7) is 0.279. The summed E-state index contributed by atoms with van der Waals surface area (Å²) in [4.78, 5) is 12.6. The number of aromatic nitrogens is 3. The Morgan fingerprint density at radius 1 is 1.20 bits per heavy atom. The summed E-state index contributed by atoms with van der Waals surface area (Å²) in [5, 5.41) is 12.5. The zero-order valence-corrected chi connectivity index (χ0v) is 13.7. The number of benzene rings is 1. The standard InChI is InChI=1S/C17H18FN5O2/c1-20-15-10-6-7-12(21-16(10)23-17(19)22-15)14-11(18)4-2-5-13(14)25-9-3-8-24/h2,4-7,24H,3,8-9H2,1H3,(H3,19,20,21,22,23). The first-order valence-electron chi connectivity index (χ1n) is 7.78. The van der Waals surface area contributed by atoms with Crippen molar-refractivity contribution >= 4 is 22.8 Å². The van der Waals surface area contributed by atoms with Gasteiger partial charge in [0.05, 0.1) is 23.3 Å². The molecular formula is C17H18FN5O2. The van der Waals surface area contributed by atoms with E-state index in [1.165, 1.54) is 6.07 Å². The number of hydrogen-bond acceptors (Lipinski definition) is 7. The van der Waals surface area contributed by atoms with Gasteiger partial charge in [-0.25, -0.2) is 9.37 Å². The van der Waals surface area contributed by atoms with Crippen LogP contribution in [0.4, 0.5) is 16.2 Å². The second-order valence-electron chi connectivity index (χ2n) is 5.29. The molecule has 0 amide bonds. The molecule has 3 rings (SSSR count). The molecule has 7 nitrogen and oxygen atoms in total. The number of ether oxygens (including phenoxy) is 1. The fourth-order valence-corrected chi connectivity index (χ4v) is 2.48. The van der Waals surface area contributed by atoms with Crippen LogP contribution in [0.5, 0.6) is 5.75 Å². The van der Waals surface area contributed by atoms with E-state index in [4.69, 9.17) is 15.6 Å². The van der Waals surface area contributed by atoms with Gasteiger partial charge in [-0.1, -0.05) is 6.07 Å². The number of pyridine rings is 1. The smallest absolute Gasteiger partial charge is 0.224 e. The van der Waals surface area contributed by atoms with E-state index in [9.17, 15) is 4.39 Å². The molecule has 0 aliphatic rings. The lowest BCUT2D eigenvalue weighted by atomic mass is 10.1. The number of aliphatic hydroxyl groups excluding tert-OH is 1. The minimum absolute atomic E-state index is 0.00185. The summed E-state index contributed by atoms with van der Waals surface area (Å²) in [6.07, 6.45) is 0.455. The van der Waals surface area contributed by atoms with Crippen molar-refractivity contribution in [1.29, 1.82) is 0 Å². The van der Waals surface area contributed by atoms with Crippen LogP contribution in [0.1, 0.15) is 6.42 Å². The van der Waals surface area contributed by atoms with Crippen molar-refractivity contribution in [3.63, 3.8) is 0 Å². The van der Waals surface area contributed by atoms with E-state index in [1.807, 2.05) is 0 Å². The van der Waals surface area contributed by atoms with Crippen LogP contribution in [0.3, 0.4) is 0 Å². The summed E-state index contributed by atoms with van der Waals surface area (Å²) < 4.78 is 20.0. The fourth-order valence-electron chi connectivity index (χ4n) is 2.48. The molecular weight excluding hydrogens is 325 g/mol. The van der Waals surface area contributed by atoms with Gasteiger partial charge < -0.3 is 20.9 Å². The number of fused-ring (bicyclic) bond motifs is 1. The van der Waals surface area contributed by atoms with E-state index < -0.39 is 5.82 Å². The second-order valence-corrected chi connectivity index (χ2v) is 5.29. The van der Waals surface area contributed by atoms with Gasteiger partial charge in [0.2, 0.25) is 5.95 Å². The Balaban J connectivity index is 2.10. The molecule has 8 heteroatoms. The molecule has 0 radical (unpaired) electrons. The van der Waals surface area contributed by atoms with E-state index >= 15 is 0 Å². The monoisotopic (exact) mass is 343 g/mol. The molecule has 0 aliphatic carbocycles. The van der Waals surface area contributed by atoms with Gasteiger partial charge in [0.25, 0.3) is 0 Å². The summed E-state index contributed by atoms with van der Waals surface area (Å²) in [6, 6.07) is 8.00. The normalized spacial score (nSPS) is 10.8. The van der Waals surface area contributed by atoms with Crippen molar-refractivity contribution in [2.45, 2.75) is 6.42 Å². The SMILES string of the molecule is CNc1nc(N)nc2nc(-c3c(F)cccc3OCCCO)ccc12. The van der Waals surface area contributed by atoms with Gasteiger partial charge >= 0.3 is 0 Å². The lowest BCUT2D eigenvalue weighted by molar-refractivity contribution is 0.233. The highest BCUT2D eigenvalue weighted by Crippen LogP contribution is 2.33. The van der Waals surface area contributed by atoms with Crippen LogP contribution in [0.15, 0.2) is 30.3 Å². The largest absolute Gasteiger partial charge is 0.493 e. The van der Waals surface area contributed by atoms with Crippen LogP contribution < -0.4 is 15.8 Å². The Bertz CT molecular complexity index is 904. The number of nitrogens with zero attached hydrogens (tertiary/aromatic N) is 3. The number of rotatable bonds is 6. The van der Waals surface area contributed by atoms with Gasteiger partial charge in [-0.2, -0.15) is 9.97 Å². The van der Waals surface area contributed by atoms with E-state index in [1.54, 1.807) is 31.3 Å². The number of nitrogens with two attached hydrogens (primary N) is 1. The van der Waals surface area contributed by atoms with Gasteiger partial charge in [-0.3, -0.25) is 0 Å². The highest BCUT2D eigenvalue weighted by atomic mass is 19.1. The van der Waals surface area contributed by atoms with Gasteiger partial charge in [0.15, 0.2) is 5.65 Å². The molecule has 3 aromatic rings. The summed E-state index contributed by atoms with van der Waals surface area (Å²) >= 11 is 0. The third kappa shape index (κ3) is 3.43. The molecule has 0 fully saturated rings. The third-order valence-corrected chi connectivity index (χ3v) is 3.61. The Kier molecular flexibility index (Phi) is 4.90. The van der Waals surface area contributed by atoms with Gasteiger partial charge in [-0.05, 0) is 24.3 Å². The third-order valence-electron chi connectivity index (χ3n) is 3.61. The van der Waals surface area contributed by atoms with Crippen molar-refractivity contribution < 1.29 is 14.2 Å². The van der Waals surface area contributed by atoms with Gasteiger partial charge in [0.1, 0.15) is 17.4 Å². The molecule has 0 atom stereocenters. The Morgan fingerprint density at radius 2 is 2.04 bits per heavy atom. The minimum atomic E-state index is -0.454. The number of anilines is 2. The molecule has 25 heavy (non-hydrogen) atoms. The molecule has 0 saturated carbocycles. The zero-order chi connectivity index (χ0) is 17.8. The molecule has 130 valence electrons. The van der Waals surface area contributed by atoms with Gasteiger partial charge in [0, 0.05) is 20.1 Å². The molecule has 0 saturated heterocycles. The highest BCUT2D eigenvalue weighted by molar-refractivity contribution is 5.89. The summed E-state index contributed by atoms with van der Waals surface area (Å²) in [5.41, 5.74) is 6.69. The maximum Gasteiger partial charge on any atom is 0.224 e. The van der Waals surface area contributed by atoms with Crippen LogP contribution in [0.25, 0.3) is 22.3 Å². The predicted molar refractivity (Wildman–Crippen MR) is 93.9 cm³/mol. The van der Waals surface area contributed by atoms with Crippen molar-refractivity contribution in [2.75, 3.05) is 31.3 Å². The van der Waals surface area contributed by atoms with E-state index in [2.05, 4.69) is 20.3 Å². The van der Waals surface area contributed by atoms with Crippen molar-refractivity contribution in [3.8, 4) is 17.0 Å². The molecule has 0 bridgehead atoms. The van der Waals surface area contributed by atoms with E-state index in [0.717, 1.165) is 0 Å². The van der Waals surface area contributed by atoms with Crippen molar-refractivity contribution in [2.24, 2.45) is 0 Å². The Labute approximate surface area is 143 Å². The Hall–Kier alpha value is -3.00. The lowest BCUT2D eigenvalue weighted by Crippen LogP contribution is -2.04. The number of aliphatic hydroxyl groups is 1. The molecule has 0 unspecified atom stereocenters. The molecule has 2 heterocycles. The van der Waals surface area contributed by atoms with Crippen molar-refractivity contribution in [1.82, 2.24) is 15.0 Å². The van der Waals surface area contributed by atoms with E-state index in [0.29, 0.717) is 34.7 Å². The maximum atomic E-state index is 14.4. The molecule has 0 aliphatic heterocycles.